The molecule has 1 aromatic heterocycles. The highest BCUT2D eigenvalue weighted by Crippen LogP contribution is 2.29. The van der Waals surface area contributed by atoms with Crippen molar-refractivity contribution in [3.63, 3.8) is 0 Å². The van der Waals surface area contributed by atoms with Crippen molar-refractivity contribution in [1.82, 2.24) is 20.1 Å². The molecule has 1 amide bonds. The Morgan fingerprint density at radius 3 is 2.56 bits per heavy atom. The van der Waals surface area contributed by atoms with Crippen LogP contribution >= 0.6 is 23.2 Å². The van der Waals surface area contributed by atoms with E-state index in [9.17, 15) is 4.79 Å². The second kappa shape index (κ2) is 10.4. The second-order valence-corrected chi connectivity index (χ2v) is 9.55. The summed E-state index contributed by atoms with van der Waals surface area (Å²) in [5.74, 6) is 0.588. The molecule has 8 heteroatoms. The van der Waals surface area contributed by atoms with Gasteiger partial charge in [-0.1, -0.05) is 41.4 Å². The Hall–Kier alpha value is -1.86. The van der Waals surface area contributed by atoms with Gasteiger partial charge in [0.1, 0.15) is 5.82 Å². The molecule has 32 heavy (non-hydrogen) atoms. The van der Waals surface area contributed by atoms with Gasteiger partial charge in [0.2, 0.25) is 0 Å². The molecule has 0 bridgehead atoms. The number of hydrogen-bond acceptors (Lipinski definition) is 5. The Bertz CT molecular complexity index is 954. The minimum atomic E-state index is -0.176. The van der Waals surface area contributed by atoms with E-state index in [4.69, 9.17) is 23.2 Å². The average Bonchev–Trinajstić information content (AvgIpc) is 2.80. The van der Waals surface area contributed by atoms with Gasteiger partial charge in [0.15, 0.2) is 0 Å². The van der Waals surface area contributed by atoms with E-state index in [0.29, 0.717) is 22.7 Å². The third-order valence-corrected chi connectivity index (χ3v) is 7.31. The number of hydrogen-bond donors (Lipinski definition) is 1. The topological polar surface area (TPSA) is 51.7 Å². The highest BCUT2D eigenvalue weighted by Gasteiger charge is 2.32. The summed E-state index contributed by atoms with van der Waals surface area (Å²) in [6.07, 6.45) is 3.95. The Kier molecular flexibility index (Phi) is 7.56. The number of anilines is 1. The van der Waals surface area contributed by atoms with E-state index in [1.54, 1.807) is 19.3 Å². The second-order valence-electron chi connectivity index (χ2n) is 8.74. The van der Waals surface area contributed by atoms with Gasteiger partial charge in [-0.05, 0) is 50.6 Å². The number of pyridine rings is 1. The van der Waals surface area contributed by atoms with Crippen molar-refractivity contribution in [3.05, 3.63) is 57.7 Å². The molecule has 1 atom stereocenters. The molecule has 0 radical (unpaired) electrons. The number of carbonyl (C=O) groups is 1. The van der Waals surface area contributed by atoms with Crippen LogP contribution in [0.3, 0.4) is 0 Å². The summed E-state index contributed by atoms with van der Waals surface area (Å²) < 4.78 is 0. The lowest BCUT2D eigenvalue weighted by Gasteiger charge is -2.47. The standard InChI is InChI=1S/C24H31Cl2N5O.H2/c1-17-15-30(23-22(26)13-19(14-28-23)24(32)27-2)11-12-31(17)20-7-9-29(10-8-20)16-18-5-3-4-6-21(18)25;/h3-6,13-14,17,20H,7-12,15-16H2,1-2H3,(H,27,32);1H/t17-;/m0./s1. The Balaban J connectivity index is 0.00000306. The van der Waals surface area contributed by atoms with Gasteiger partial charge >= 0.3 is 0 Å². The third-order valence-electron chi connectivity index (χ3n) is 6.67. The molecule has 6 nitrogen and oxygen atoms in total. The third kappa shape index (κ3) is 5.20. The molecule has 2 aliphatic heterocycles. The van der Waals surface area contributed by atoms with Crippen LogP contribution in [0.15, 0.2) is 36.5 Å². The number of halogens is 2. The minimum absolute atomic E-state index is 0. The summed E-state index contributed by atoms with van der Waals surface area (Å²) in [5, 5.41) is 3.99. The smallest absolute Gasteiger partial charge is 0.252 e. The first-order valence-corrected chi connectivity index (χ1v) is 12.1. The zero-order valence-corrected chi connectivity index (χ0v) is 20.2. The minimum Gasteiger partial charge on any atom is -0.355 e. The molecule has 0 saturated carbocycles. The normalized spacial score (nSPS) is 21.0. The number of aromatic nitrogens is 1. The largest absolute Gasteiger partial charge is 0.355 e. The van der Waals surface area contributed by atoms with Crippen LogP contribution in [-0.4, -0.2) is 72.5 Å². The lowest BCUT2D eigenvalue weighted by molar-refractivity contribution is 0.0690. The molecule has 2 aliphatic rings. The zero-order valence-electron chi connectivity index (χ0n) is 18.7. The van der Waals surface area contributed by atoms with Crippen molar-refractivity contribution in [1.29, 1.82) is 0 Å². The van der Waals surface area contributed by atoms with E-state index in [-0.39, 0.29) is 7.33 Å². The predicted octanol–water partition coefficient (Wildman–Crippen LogP) is 4.17. The first-order chi connectivity index (χ1) is 15.5. The summed E-state index contributed by atoms with van der Waals surface area (Å²) in [6, 6.07) is 10.9. The molecule has 0 spiro atoms. The van der Waals surface area contributed by atoms with E-state index in [1.165, 1.54) is 18.4 Å². The molecule has 0 unspecified atom stereocenters. The monoisotopic (exact) mass is 477 g/mol. The summed E-state index contributed by atoms with van der Waals surface area (Å²) in [6.45, 7) is 8.16. The highest BCUT2D eigenvalue weighted by molar-refractivity contribution is 6.33. The van der Waals surface area contributed by atoms with Crippen molar-refractivity contribution in [2.75, 3.05) is 44.7 Å². The first kappa shape index (κ1) is 23.3. The molecule has 3 heterocycles. The van der Waals surface area contributed by atoms with Crippen molar-refractivity contribution < 1.29 is 6.22 Å². The molecular formula is C24H33Cl2N5O. The number of piperazine rings is 1. The number of nitrogens with one attached hydrogen (secondary N) is 1. The zero-order chi connectivity index (χ0) is 22.7. The van der Waals surface area contributed by atoms with E-state index >= 15 is 0 Å². The summed E-state index contributed by atoms with van der Waals surface area (Å²) in [4.78, 5) is 23.7. The number of nitrogens with zero attached hydrogens (tertiary/aromatic N) is 4. The number of likely N-dealkylation sites (tertiary alicyclic amines) is 1. The van der Waals surface area contributed by atoms with Crippen LogP contribution in [0, 0.1) is 0 Å². The van der Waals surface area contributed by atoms with Gasteiger partial charge < -0.3 is 10.2 Å². The highest BCUT2D eigenvalue weighted by atomic mass is 35.5. The number of amides is 1. The van der Waals surface area contributed by atoms with Crippen molar-refractivity contribution in [2.24, 2.45) is 0 Å². The predicted molar refractivity (Wildman–Crippen MR) is 133 cm³/mol. The molecule has 174 valence electrons. The Morgan fingerprint density at radius 1 is 1.16 bits per heavy atom. The lowest BCUT2D eigenvalue weighted by Crippen LogP contribution is -2.57. The quantitative estimate of drug-likeness (QED) is 0.699. The van der Waals surface area contributed by atoms with Crippen LogP contribution < -0.4 is 10.2 Å². The fourth-order valence-electron chi connectivity index (χ4n) is 4.92. The van der Waals surface area contributed by atoms with Crippen LogP contribution in [0.25, 0.3) is 0 Å². The molecule has 2 saturated heterocycles. The van der Waals surface area contributed by atoms with Crippen LogP contribution in [0.1, 0.15) is 37.1 Å². The maximum Gasteiger partial charge on any atom is 0.252 e. The first-order valence-electron chi connectivity index (χ1n) is 11.3. The molecule has 2 fully saturated rings. The van der Waals surface area contributed by atoms with E-state index in [0.717, 1.165) is 50.1 Å². The Morgan fingerprint density at radius 2 is 1.91 bits per heavy atom. The fourth-order valence-corrected chi connectivity index (χ4v) is 5.40. The van der Waals surface area contributed by atoms with Gasteiger partial charge in [-0.2, -0.15) is 0 Å². The summed E-state index contributed by atoms with van der Waals surface area (Å²) in [5.41, 5.74) is 1.69. The number of rotatable bonds is 5. The molecule has 1 aromatic carbocycles. The van der Waals surface area contributed by atoms with Gasteiger partial charge in [0.25, 0.3) is 5.91 Å². The van der Waals surface area contributed by atoms with Gasteiger partial charge in [0, 0.05) is 58.0 Å². The lowest BCUT2D eigenvalue weighted by atomic mass is 9.99. The van der Waals surface area contributed by atoms with Crippen LogP contribution in [0.2, 0.25) is 10.0 Å². The molecule has 4 rings (SSSR count). The fraction of sp³-hybridized carbons (Fsp3) is 0.500. The Labute approximate surface area is 202 Å². The van der Waals surface area contributed by atoms with Crippen LogP contribution in [-0.2, 0) is 6.54 Å². The van der Waals surface area contributed by atoms with Crippen molar-refractivity contribution in [3.8, 4) is 0 Å². The number of carbonyl (C=O) groups excluding carboxylic acids is 1. The van der Waals surface area contributed by atoms with Crippen molar-refractivity contribution in [2.45, 2.75) is 38.4 Å². The molecular weight excluding hydrogens is 445 g/mol. The molecule has 2 aromatic rings. The maximum absolute atomic E-state index is 11.8. The SMILES string of the molecule is CNC(=O)c1cnc(N2CCN(C3CCN(Cc4ccccc4Cl)CC3)[C@@H](C)C2)c(Cl)c1.[HH]. The summed E-state index contributed by atoms with van der Waals surface area (Å²) in [7, 11) is 1.60. The van der Waals surface area contributed by atoms with Crippen LogP contribution in [0.4, 0.5) is 5.82 Å². The van der Waals surface area contributed by atoms with Crippen molar-refractivity contribution >= 4 is 34.9 Å². The molecule has 1 N–H and O–H groups in total. The van der Waals surface area contributed by atoms with E-state index in [2.05, 4.69) is 44.1 Å². The molecule has 0 aliphatic carbocycles. The van der Waals surface area contributed by atoms with Gasteiger partial charge in [-0.15, -0.1) is 0 Å². The number of piperidine rings is 1. The van der Waals surface area contributed by atoms with E-state index in [1.807, 2.05) is 12.1 Å². The van der Waals surface area contributed by atoms with Gasteiger partial charge in [0.05, 0.1) is 10.6 Å². The maximum atomic E-state index is 11.8. The van der Waals surface area contributed by atoms with Crippen LogP contribution in [0.5, 0.6) is 0 Å². The van der Waals surface area contributed by atoms with E-state index < -0.39 is 0 Å². The number of benzene rings is 1. The van der Waals surface area contributed by atoms with Gasteiger partial charge in [-0.25, -0.2) is 4.98 Å². The van der Waals surface area contributed by atoms with Gasteiger partial charge in [-0.3, -0.25) is 14.6 Å². The average molecular weight is 478 g/mol. The summed E-state index contributed by atoms with van der Waals surface area (Å²) >= 11 is 12.8.